The molecule has 0 atom stereocenters. The van der Waals surface area contributed by atoms with E-state index >= 15 is 0 Å². The third-order valence-electron chi connectivity index (χ3n) is 3.68. The number of nitrogens with zero attached hydrogens (tertiary/aromatic N) is 4. The van der Waals surface area contributed by atoms with Gasteiger partial charge < -0.3 is 4.57 Å². The third kappa shape index (κ3) is 3.72. The summed E-state index contributed by atoms with van der Waals surface area (Å²) < 4.78 is 30.8. The number of sulfonamides is 1. The van der Waals surface area contributed by atoms with Crippen LogP contribution in [0.5, 0.6) is 0 Å². The number of imidazole rings is 1. The minimum absolute atomic E-state index is 0.158. The van der Waals surface area contributed by atoms with Crippen LogP contribution in [-0.4, -0.2) is 34.3 Å². The summed E-state index contributed by atoms with van der Waals surface area (Å²) in [4.78, 5) is 4.29. The maximum absolute atomic E-state index is 12.3. The predicted octanol–water partition coefficient (Wildman–Crippen LogP) is 1.75. The Morgan fingerprint density at radius 2 is 2.00 bits per heavy atom. The fourth-order valence-corrected chi connectivity index (χ4v) is 3.35. The molecule has 0 unspecified atom stereocenters. The summed E-state index contributed by atoms with van der Waals surface area (Å²) in [5.41, 5.74) is 0.814. The van der Waals surface area contributed by atoms with E-state index in [4.69, 9.17) is 0 Å². The first kappa shape index (κ1) is 16.4. The van der Waals surface area contributed by atoms with Crippen molar-refractivity contribution in [3.05, 3.63) is 60.9 Å². The van der Waals surface area contributed by atoms with Gasteiger partial charge in [-0.1, -0.05) is 18.2 Å². The Balaban J connectivity index is 1.59. The van der Waals surface area contributed by atoms with Gasteiger partial charge in [-0.3, -0.25) is 0 Å². The SMILES string of the molecule is Cc1nccn1CCCNS(=O)(=O)c1cnn(-c2ccccc2)c1. The molecule has 0 radical (unpaired) electrons. The Morgan fingerprint density at radius 1 is 1.21 bits per heavy atom. The summed E-state index contributed by atoms with van der Waals surface area (Å²) in [5.74, 6) is 0.919. The van der Waals surface area contributed by atoms with Gasteiger partial charge in [0.15, 0.2) is 0 Å². The second-order valence-corrected chi connectivity index (χ2v) is 7.14. The van der Waals surface area contributed by atoms with Crippen molar-refractivity contribution in [3.8, 4) is 5.69 Å². The standard InChI is InChI=1S/C16H19N5O2S/c1-14-17-9-11-20(14)10-5-8-19-24(22,23)16-12-18-21(13-16)15-6-3-2-4-7-15/h2-4,6-7,9,11-13,19H,5,8,10H2,1H3. The van der Waals surface area contributed by atoms with Gasteiger partial charge in [-0.05, 0) is 25.5 Å². The zero-order valence-corrected chi connectivity index (χ0v) is 14.1. The van der Waals surface area contributed by atoms with E-state index in [1.165, 1.54) is 12.4 Å². The number of para-hydroxylation sites is 1. The number of benzene rings is 1. The molecule has 0 saturated heterocycles. The molecule has 0 aliphatic carbocycles. The van der Waals surface area contributed by atoms with E-state index in [9.17, 15) is 8.42 Å². The average Bonchev–Trinajstić information content (AvgIpc) is 3.22. The zero-order valence-electron chi connectivity index (χ0n) is 13.3. The van der Waals surface area contributed by atoms with Gasteiger partial charge in [-0.15, -0.1) is 0 Å². The topological polar surface area (TPSA) is 81.8 Å². The Bertz CT molecular complexity index is 899. The molecule has 1 aromatic carbocycles. The fourth-order valence-electron chi connectivity index (χ4n) is 2.35. The van der Waals surface area contributed by atoms with Crippen LogP contribution in [0, 0.1) is 6.92 Å². The van der Waals surface area contributed by atoms with E-state index < -0.39 is 10.0 Å². The molecule has 126 valence electrons. The molecule has 7 nitrogen and oxygen atoms in total. The van der Waals surface area contributed by atoms with Crippen molar-refractivity contribution in [1.29, 1.82) is 0 Å². The van der Waals surface area contributed by atoms with Crippen molar-refractivity contribution in [1.82, 2.24) is 24.1 Å². The summed E-state index contributed by atoms with van der Waals surface area (Å²) in [6.45, 7) is 3.00. The molecule has 3 aromatic rings. The Kier molecular flexibility index (Phi) is 4.77. The summed E-state index contributed by atoms with van der Waals surface area (Å²) >= 11 is 0. The summed E-state index contributed by atoms with van der Waals surface area (Å²) in [5, 5.41) is 4.12. The highest BCUT2D eigenvalue weighted by Gasteiger charge is 2.16. The normalized spacial score (nSPS) is 11.7. The van der Waals surface area contributed by atoms with Crippen molar-refractivity contribution in [2.75, 3.05) is 6.54 Å². The van der Waals surface area contributed by atoms with Gasteiger partial charge in [-0.25, -0.2) is 22.8 Å². The molecular weight excluding hydrogens is 326 g/mol. The lowest BCUT2D eigenvalue weighted by molar-refractivity contribution is 0.567. The van der Waals surface area contributed by atoms with Crippen LogP contribution in [-0.2, 0) is 16.6 Å². The molecule has 0 spiro atoms. The van der Waals surface area contributed by atoms with Gasteiger partial charge in [0.25, 0.3) is 0 Å². The fraction of sp³-hybridized carbons (Fsp3) is 0.250. The highest BCUT2D eigenvalue weighted by Crippen LogP contribution is 2.12. The molecule has 1 N–H and O–H groups in total. The monoisotopic (exact) mass is 345 g/mol. The van der Waals surface area contributed by atoms with Crippen molar-refractivity contribution in [3.63, 3.8) is 0 Å². The maximum atomic E-state index is 12.3. The molecule has 2 aromatic heterocycles. The largest absolute Gasteiger partial charge is 0.335 e. The Labute approximate surface area is 141 Å². The van der Waals surface area contributed by atoms with Gasteiger partial charge in [0.1, 0.15) is 10.7 Å². The Morgan fingerprint density at radius 3 is 2.71 bits per heavy atom. The van der Waals surface area contributed by atoms with E-state index in [2.05, 4.69) is 14.8 Å². The molecule has 0 saturated carbocycles. The minimum atomic E-state index is -3.56. The lowest BCUT2D eigenvalue weighted by atomic mass is 10.3. The first-order valence-electron chi connectivity index (χ1n) is 7.64. The highest BCUT2D eigenvalue weighted by atomic mass is 32.2. The molecule has 0 aliphatic heterocycles. The molecule has 0 bridgehead atoms. The second-order valence-electron chi connectivity index (χ2n) is 5.38. The van der Waals surface area contributed by atoms with Crippen LogP contribution in [0.4, 0.5) is 0 Å². The maximum Gasteiger partial charge on any atom is 0.243 e. The quantitative estimate of drug-likeness (QED) is 0.661. The molecule has 0 amide bonds. The van der Waals surface area contributed by atoms with Crippen molar-refractivity contribution < 1.29 is 8.42 Å². The Hall–Kier alpha value is -2.45. The predicted molar refractivity (Wildman–Crippen MR) is 90.3 cm³/mol. The number of hydrogen-bond donors (Lipinski definition) is 1. The molecule has 0 aliphatic rings. The second kappa shape index (κ2) is 6.98. The van der Waals surface area contributed by atoms with Crippen LogP contribution in [0.1, 0.15) is 12.2 Å². The van der Waals surface area contributed by atoms with Crippen LogP contribution in [0.15, 0.2) is 60.0 Å². The number of aryl methyl sites for hydroxylation is 2. The van der Waals surface area contributed by atoms with Gasteiger partial charge >= 0.3 is 0 Å². The average molecular weight is 345 g/mol. The van der Waals surface area contributed by atoms with Crippen LogP contribution in [0.2, 0.25) is 0 Å². The smallest absolute Gasteiger partial charge is 0.243 e. The van der Waals surface area contributed by atoms with E-state index in [0.717, 1.165) is 18.1 Å². The van der Waals surface area contributed by atoms with Gasteiger partial charge in [0.05, 0.1) is 18.1 Å². The molecular formula is C16H19N5O2S. The van der Waals surface area contributed by atoms with Crippen LogP contribution >= 0.6 is 0 Å². The lowest BCUT2D eigenvalue weighted by Crippen LogP contribution is -2.25. The van der Waals surface area contributed by atoms with Crippen molar-refractivity contribution >= 4 is 10.0 Å². The van der Waals surface area contributed by atoms with Crippen molar-refractivity contribution in [2.45, 2.75) is 24.8 Å². The van der Waals surface area contributed by atoms with Crippen LogP contribution < -0.4 is 4.72 Å². The lowest BCUT2D eigenvalue weighted by Gasteiger charge is -2.06. The van der Waals surface area contributed by atoms with Gasteiger partial charge in [0, 0.05) is 25.5 Å². The molecule has 0 fully saturated rings. The molecule has 8 heteroatoms. The van der Waals surface area contributed by atoms with Gasteiger partial charge in [0.2, 0.25) is 10.0 Å². The number of nitrogens with one attached hydrogen (secondary N) is 1. The zero-order chi connectivity index (χ0) is 17.0. The first-order valence-corrected chi connectivity index (χ1v) is 9.12. The number of aromatic nitrogens is 4. The summed E-state index contributed by atoms with van der Waals surface area (Å²) in [7, 11) is -3.56. The number of rotatable bonds is 7. The van der Waals surface area contributed by atoms with Gasteiger partial charge in [-0.2, -0.15) is 5.10 Å². The minimum Gasteiger partial charge on any atom is -0.335 e. The summed E-state index contributed by atoms with van der Waals surface area (Å²) in [6, 6.07) is 9.38. The van der Waals surface area contributed by atoms with E-state index in [1.54, 1.807) is 10.9 Å². The molecule has 3 rings (SSSR count). The first-order chi connectivity index (χ1) is 11.6. The van der Waals surface area contributed by atoms with Crippen LogP contribution in [0.25, 0.3) is 5.69 Å². The van der Waals surface area contributed by atoms with Crippen molar-refractivity contribution in [2.24, 2.45) is 0 Å². The van der Waals surface area contributed by atoms with E-state index in [1.807, 2.05) is 48.0 Å². The third-order valence-corrected chi connectivity index (χ3v) is 5.10. The molecule has 2 heterocycles. The van der Waals surface area contributed by atoms with E-state index in [-0.39, 0.29) is 4.90 Å². The van der Waals surface area contributed by atoms with E-state index in [0.29, 0.717) is 13.0 Å². The van der Waals surface area contributed by atoms with Crippen LogP contribution in [0.3, 0.4) is 0 Å². The number of hydrogen-bond acceptors (Lipinski definition) is 4. The molecule has 24 heavy (non-hydrogen) atoms. The highest BCUT2D eigenvalue weighted by molar-refractivity contribution is 7.89. The summed E-state index contributed by atoms with van der Waals surface area (Å²) in [6.07, 6.45) is 7.17.